The van der Waals surface area contributed by atoms with Crippen molar-refractivity contribution in [1.82, 2.24) is 0 Å². The molecule has 82 valence electrons. The molecule has 1 nitrogen and oxygen atoms in total. The van der Waals surface area contributed by atoms with Gasteiger partial charge in [-0.1, -0.05) is 18.2 Å². The van der Waals surface area contributed by atoms with E-state index in [4.69, 9.17) is 5.73 Å². The molecular formula is C14H14FN. The average Bonchev–Trinajstić information content (AvgIpc) is 2.15. The highest BCUT2D eigenvalue weighted by Gasteiger charge is 2.04. The lowest BCUT2D eigenvalue weighted by atomic mass is 10.0. The molecule has 0 aliphatic heterocycles. The Morgan fingerprint density at radius 3 is 2.31 bits per heavy atom. The maximum Gasteiger partial charge on any atom is 0.124 e. The Morgan fingerprint density at radius 1 is 0.938 bits per heavy atom. The molecule has 0 unspecified atom stereocenters. The van der Waals surface area contributed by atoms with Crippen LogP contribution in [0.15, 0.2) is 36.4 Å². The fourth-order valence-corrected chi connectivity index (χ4v) is 1.84. The van der Waals surface area contributed by atoms with E-state index in [-0.39, 0.29) is 5.82 Å². The van der Waals surface area contributed by atoms with Crippen LogP contribution in [0.3, 0.4) is 0 Å². The smallest absolute Gasteiger partial charge is 0.124 e. The summed E-state index contributed by atoms with van der Waals surface area (Å²) in [5, 5.41) is 0. The predicted molar refractivity (Wildman–Crippen MR) is 65.7 cm³/mol. The maximum atomic E-state index is 13.3. The molecule has 2 N–H and O–H groups in total. The topological polar surface area (TPSA) is 26.0 Å². The molecule has 0 radical (unpaired) electrons. The first-order valence-corrected chi connectivity index (χ1v) is 5.20. The Morgan fingerprint density at radius 2 is 1.69 bits per heavy atom. The average molecular weight is 215 g/mol. The van der Waals surface area contributed by atoms with Gasteiger partial charge in [-0.05, 0) is 48.7 Å². The molecule has 0 saturated carbocycles. The van der Waals surface area contributed by atoms with Gasteiger partial charge in [0.05, 0.1) is 0 Å². The van der Waals surface area contributed by atoms with Crippen molar-refractivity contribution in [2.75, 3.05) is 5.73 Å². The summed E-state index contributed by atoms with van der Waals surface area (Å²) in [6.45, 7) is 3.86. The van der Waals surface area contributed by atoms with Gasteiger partial charge in [0.1, 0.15) is 5.82 Å². The van der Waals surface area contributed by atoms with Crippen molar-refractivity contribution in [3.05, 3.63) is 53.3 Å². The van der Waals surface area contributed by atoms with Crippen LogP contribution < -0.4 is 5.73 Å². The first-order chi connectivity index (χ1) is 7.56. The number of halogens is 1. The third-order valence-corrected chi connectivity index (χ3v) is 2.56. The van der Waals surface area contributed by atoms with Crippen LogP contribution >= 0.6 is 0 Å². The maximum absolute atomic E-state index is 13.3. The third-order valence-electron chi connectivity index (χ3n) is 2.56. The second kappa shape index (κ2) is 3.97. The Bertz CT molecular complexity index is 512. The van der Waals surface area contributed by atoms with Crippen LogP contribution in [-0.4, -0.2) is 0 Å². The molecule has 0 fully saturated rings. The highest BCUT2D eigenvalue weighted by atomic mass is 19.1. The Hall–Kier alpha value is -1.83. The van der Waals surface area contributed by atoms with Crippen molar-refractivity contribution in [3.8, 4) is 11.1 Å². The molecule has 2 rings (SSSR count). The van der Waals surface area contributed by atoms with Crippen LogP contribution in [0, 0.1) is 19.7 Å². The summed E-state index contributed by atoms with van der Waals surface area (Å²) < 4.78 is 13.3. The van der Waals surface area contributed by atoms with E-state index in [1.165, 1.54) is 12.1 Å². The zero-order chi connectivity index (χ0) is 11.7. The van der Waals surface area contributed by atoms with Crippen LogP contribution in [0.1, 0.15) is 11.1 Å². The molecule has 0 amide bonds. The minimum atomic E-state index is -0.227. The van der Waals surface area contributed by atoms with E-state index in [9.17, 15) is 4.39 Å². The summed E-state index contributed by atoms with van der Waals surface area (Å²) in [7, 11) is 0. The van der Waals surface area contributed by atoms with E-state index >= 15 is 0 Å². The Labute approximate surface area is 94.7 Å². The van der Waals surface area contributed by atoms with Gasteiger partial charge in [-0.2, -0.15) is 0 Å². The van der Waals surface area contributed by atoms with Gasteiger partial charge < -0.3 is 5.73 Å². The molecule has 0 saturated heterocycles. The molecule has 0 aliphatic carbocycles. The summed E-state index contributed by atoms with van der Waals surface area (Å²) in [5.41, 5.74) is 10.3. The van der Waals surface area contributed by atoms with Crippen LogP contribution in [0.2, 0.25) is 0 Å². The first-order valence-electron chi connectivity index (χ1n) is 5.20. The van der Waals surface area contributed by atoms with Gasteiger partial charge in [0.25, 0.3) is 0 Å². The van der Waals surface area contributed by atoms with E-state index in [1.54, 1.807) is 0 Å². The molecule has 2 heteroatoms. The standard InChI is InChI=1S/C14H14FN/c1-9-3-4-13(14(16)7-9)11-5-10(2)6-12(15)8-11/h3-8H,16H2,1-2H3. The van der Waals surface area contributed by atoms with Gasteiger partial charge in [-0.25, -0.2) is 4.39 Å². The number of nitrogen functional groups attached to an aromatic ring is 1. The number of nitrogens with two attached hydrogens (primary N) is 1. The monoisotopic (exact) mass is 215 g/mol. The Balaban J connectivity index is 2.58. The molecule has 0 spiro atoms. The highest BCUT2D eigenvalue weighted by molar-refractivity contribution is 5.77. The molecule has 0 aliphatic rings. The van der Waals surface area contributed by atoms with E-state index in [0.717, 1.165) is 22.3 Å². The third kappa shape index (κ3) is 2.06. The van der Waals surface area contributed by atoms with Crippen LogP contribution in [0.4, 0.5) is 10.1 Å². The molecule has 16 heavy (non-hydrogen) atoms. The first kappa shape index (κ1) is 10.7. The highest BCUT2D eigenvalue weighted by Crippen LogP contribution is 2.28. The van der Waals surface area contributed by atoms with Gasteiger partial charge in [-0.15, -0.1) is 0 Å². The van der Waals surface area contributed by atoms with E-state index in [0.29, 0.717) is 5.69 Å². The van der Waals surface area contributed by atoms with Crippen LogP contribution in [0.25, 0.3) is 11.1 Å². The molecule has 2 aromatic carbocycles. The second-order valence-corrected chi connectivity index (χ2v) is 4.11. The summed E-state index contributed by atoms with van der Waals surface area (Å²) >= 11 is 0. The van der Waals surface area contributed by atoms with Crippen molar-refractivity contribution in [3.63, 3.8) is 0 Å². The minimum absolute atomic E-state index is 0.227. The molecule has 0 bridgehead atoms. The quantitative estimate of drug-likeness (QED) is 0.721. The summed E-state index contributed by atoms with van der Waals surface area (Å²) in [6.07, 6.45) is 0. The van der Waals surface area contributed by atoms with Crippen molar-refractivity contribution in [2.24, 2.45) is 0 Å². The van der Waals surface area contributed by atoms with Gasteiger partial charge >= 0.3 is 0 Å². The SMILES string of the molecule is Cc1cc(F)cc(-c2ccc(C)cc2N)c1. The lowest BCUT2D eigenvalue weighted by Crippen LogP contribution is -1.92. The van der Waals surface area contributed by atoms with Crippen molar-refractivity contribution < 1.29 is 4.39 Å². The normalized spacial score (nSPS) is 10.4. The summed E-state index contributed by atoms with van der Waals surface area (Å²) in [4.78, 5) is 0. The zero-order valence-corrected chi connectivity index (χ0v) is 9.42. The van der Waals surface area contributed by atoms with Gasteiger partial charge in [0, 0.05) is 11.3 Å². The molecular weight excluding hydrogens is 201 g/mol. The summed E-state index contributed by atoms with van der Waals surface area (Å²) in [5.74, 6) is -0.227. The second-order valence-electron chi connectivity index (χ2n) is 4.11. The number of anilines is 1. The lowest BCUT2D eigenvalue weighted by molar-refractivity contribution is 0.627. The molecule has 0 aromatic heterocycles. The van der Waals surface area contributed by atoms with Crippen molar-refractivity contribution in [2.45, 2.75) is 13.8 Å². The fourth-order valence-electron chi connectivity index (χ4n) is 1.84. The van der Waals surface area contributed by atoms with E-state index in [2.05, 4.69) is 0 Å². The van der Waals surface area contributed by atoms with Gasteiger partial charge in [-0.3, -0.25) is 0 Å². The summed E-state index contributed by atoms with van der Waals surface area (Å²) in [6, 6.07) is 10.8. The van der Waals surface area contributed by atoms with Crippen molar-refractivity contribution >= 4 is 5.69 Å². The van der Waals surface area contributed by atoms with Gasteiger partial charge in [0.15, 0.2) is 0 Å². The molecule has 0 heterocycles. The largest absolute Gasteiger partial charge is 0.398 e. The number of hydrogen-bond acceptors (Lipinski definition) is 1. The molecule has 0 atom stereocenters. The number of hydrogen-bond donors (Lipinski definition) is 1. The van der Waals surface area contributed by atoms with Crippen LogP contribution in [-0.2, 0) is 0 Å². The van der Waals surface area contributed by atoms with E-state index < -0.39 is 0 Å². The van der Waals surface area contributed by atoms with Crippen molar-refractivity contribution in [1.29, 1.82) is 0 Å². The lowest BCUT2D eigenvalue weighted by Gasteiger charge is -2.08. The predicted octanol–water partition coefficient (Wildman–Crippen LogP) is 3.69. The van der Waals surface area contributed by atoms with Crippen LogP contribution in [0.5, 0.6) is 0 Å². The van der Waals surface area contributed by atoms with E-state index in [1.807, 2.05) is 38.1 Å². The molecule has 2 aromatic rings. The number of benzene rings is 2. The number of rotatable bonds is 1. The van der Waals surface area contributed by atoms with Gasteiger partial charge in [0.2, 0.25) is 0 Å². The Kier molecular flexibility index (Phi) is 2.65. The zero-order valence-electron chi connectivity index (χ0n) is 9.42. The minimum Gasteiger partial charge on any atom is -0.398 e. The fraction of sp³-hybridized carbons (Fsp3) is 0.143. The number of aryl methyl sites for hydroxylation is 2.